The molecule has 4 N–H and O–H groups in total. The van der Waals surface area contributed by atoms with Gasteiger partial charge in [-0.25, -0.2) is 4.98 Å². The van der Waals surface area contributed by atoms with E-state index in [0.717, 1.165) is 16.9 Å². The third-order valence-corrected chi connectivity index (χ3v) is 4.67. The number of nitrogens with zero attached hydrogens (tertiary/aromatic N) is 2. The van der Waals surface area contributed by atoms with Gasteiger partial charge in [-0.15, -0.1) is 0 Å². The number of imide groups is 1. The van der Waals surface area contributed by atoms with Gasteiger partial charge in [0.25, 0.3) is 5.91 Å². The number of hydrogen-bond acceptors (Lipinski definition) is 8. The second-order valence-electron chi connectivity index (χ2n) is 6.76. The van der Waals surface area contributed by atoms with Crippen LogP contribution in [-0.4, -0.2) is 62.5 Å². The molecule has 2 heterocycles. The molecule has 1 unspecified atom stereocenters. The molecule has 1 atom stereocenters. The highest BCUT2D eigenvalue weighted by atomic mass is 16.5. The smallest absolute Gasteiger partial charge is 0.254 e. The predicted molar refractivity (Wildman–Crippen MR) is 120 cm³/mol. The van der Waals surface area contributed by atoms with E-state index < -0.39 is 11.9 Å². The molecule has 10 nitrogen and oxygen atoms in total. The molecule has 0 saturated heterocycles. The third kappa shape index (κ3) is 6.05. The largest absolute Gasteiger partial charge is 0.497 e. The number of methoxy groups -OCH3 is 2. The molecule has 0 bridgehead atoms. The van der Waals surface area contributed by atoms with Crippen LogP contribution >= 0.6 is 0 Å². The number of pyridine rings is 1. The average Bonchev–Trinajstić information content (AvgIpc) is 3.08. The van der Waals surface area contributed by atoms with E-state index in [1.165, 1.54) is 7.11 Å². The number of amides is 3. The average molecular weight is 441 g/mol. The topological polar surface area (TPSA) is 136 Å². The summed E-state index contributed by atoms with van der Waals surface area (Å²) >= 11 is 0. The Morgan fingerprint density at radius 3 is 2.62 bits per heavy atom. The first-order valence-electron chi connectivity index (χ1n) is 9.67. The first-order valence-corrected chi connectivity index (χ1v) is 9.67. The molecule has 10 heteroatoms. The summed E-state index contributed by atoms with van der Waals surface area (Å²) in [6, 6.07) is 8.26. The van der Waals surface area contributed by atoms with Gasteiger partial charge in [0.05, 0.1) is 14.2 Å². The van der Waals surface area contributed by atoms with Crippen LogP contribution in [0.15, 0.2) is 36.4 Å². The number of nitrogens with one attached hydrogen (secondary N) is 2. The van der Waals surface area contributed by atoms with Crippen molar-refractivity contribution < 1.29 is 23.9 Å². The van der Waals surface area contributed by atoms with Crippen LogP contribution in [0.5, 0.6) is 11.5 Å². The van der Waals surface area contributed by atoms with Crippen molar-refractivity contribution in [2.45, 2.75) is 12.6 Å². The summed E-state index contributed by atoms with van der Waals surface area (Å²) in [5.74, 6) is 1.24. The van der Waals surface area contributed by atoms with Gasteiger partial charge in [0, 0.05) is 19.2 Å². The van der Waals surface area contributed by atoms with Gasteiger partial charge in [-0.05, 0) is 43.0 Å². The zero-order valence-electron chi connectivity index (χ0n) is 18.4. The van der Waals surface area contributed by atoms with Crippen molar-refractivity contribution in [1.82, 2.24) is 20.5 Å². The van der Waals surface area contributed by atoms with Gasteiger partial charge in [0.15, 0.2) is 0 Å². The van der Waals surface area contributed by atoms with Gasteiger partial charge in [-0.3, -0.25) is 19.7 Å². The number of nitrogen functional groups attached to an aromatic ring is 1. The normalized spacial score (nSPS) is 13.1. The maximum absolute atomic E-state index is 11.5. The van der Waals surface area contributed by atoms with Crippen LogP contribution in [0.3, 0.4) is 0 Å². The molecule has 3 amide bonds. The SMILES string of the molecule is CNC(/C=C/c1nc(N)ccc1OC)C(=O)NC=O.COc1ccc2c(c1)C(=O)N(C)C2. The van der Waals surface area contributed by atoms with E-state index in [9.17, 15) is 14.4 Å². The second-order valence-corrected chi connectivity index (χ2v) is 6.76. The first-order chi connectivity index (χ1) is 15.3. The summed E-state index contributed by atoms with van der Waals surface area (Å²) in [4.78, 5) is 39.0. The van der Waals surface area contributed by atoms with Crippen LogP contribution in [0.1, 0.15) is 21.6 Å². The van der Waals surface area contributed by atoms with Crippen molar-refractivity contribution >= 4 is 30.1 Å². The highest BCUT2D eigenvalue weighted by Crippen LogP contribution is 2.25. The number of carbonyl (C=O) groups is 3. The van der Waals surface area contributed by atoms with Crippen LogP contribution in [-0.2, 0) is 16.1 Å². The van der Waals surface area contributed by atoms with E-state index in [2.05, 4.69) is 15.6 Å². The van der Waals surface area contributed by atoms with E-state index in [1.807, 2.05) is 12.1 Å². The summed E-state index contributed by atoms with van der Waals surface area (Å²) in [5, 5.41) is 4.81. The zero-order valence-corrected chi connectivity index (χ0v) is 18.4. The maximum atomic E-state index is 11.5. The third-order valence-electron chi connectivity index (χ3n) is 4.67. The molecule has 0 aliphatic carbocycles. The summed E-state index contributed by atoms with van der Waals surface area (Å²) in [7, 11) is 6.52. The van der Waals surface area contributed by atoms with E-state index in [4.69, 9.17) is 15.2 Å². The Labute approximate surface area is 186 Å². The lowest BCUT2D eigenvalue weighted by Crippen LogP contribution is -2.40. The van der Waals surface area contributed by atoms with Crippen molar-refractivity contribution in [1.29, 1.82) is 0 Å². The van der Waals surface area contributed by atoms with Gasteiger partial charge < -0.3 is 25.4 Å². The standard InChI is InChI=1S/C12H16N4O3.C10H11NO2/c1-14-9(12(18)15-7-17)4-3-8-10(19-2)5-6-11(13)16-8;1-11-6-7-3-4-8(13-2)5-9(7)10(11)12/h3-7,9,14H,1-2H3,(H2,13,16)(H,15,17,18);3-5H,6H2,1-2H3/b4-3+;. The number of fused-ring (bicyclic) bond motifs is 1. The van der Waals surface area contributed by atoms with Crippen molar-refractivity contribution in [2.24, 2.45) is 0 Å². The van der Waals surface area contributed by atoms with Crippen molar-refractivity contribution in [3.05, 3.63) is 53.2 Å². The number of anilines is 1. The Kier molecular flexibility index (Phi) is 8.72. The van der Waals surface area contributed by atoms with Gasteiger partial charge in [-0.1, -0.05) is 12.1 Å². The van der Waals surface area contributed by atoms with Crippen LogP contribution < -0.4 is 25.8 Å². The Morgan fingerprint density at radius 1 is 1.25 bits per heavy atom. The molecule has 1 aromatic carbocycles. The predicted octanol–water partition coefficient (Wildman–Crippen LogP) is 0.827. The molecule has 0 saturated carbocycles. The minimum atomic E-state index is -0.655. The summed E-state index contributed by atoms with van der Waals surface area (Å²) in [5.41, 5.74) is 7.93. The van der Waals surface area contributed by atoms with Crippen LogP contribution in [0.2, 0.25) is 0 Å². The molecule has 0 fully saturated rings. The van der Waals surface area contributed by atoms with Gasteiger partial charge in [0.1, 0.15) is 29.1 Å². The fourth-order valence-corrected chi connectivity index (χ4v) is 2.97. The molecule has 0 radical (unpaired) electrons. The van der Waals surface area contributed by atoms with Crippen LogP contribution in [0.4, 0.5) is 5.82 Å². The number of benzene rings is 1. The van der Waals surface area contributed by atoms with Crippen LogP contribution in [0, 0.1) is 0 Å². The molecular weight excluding hydrogens is 414 g/mol. The molecule has 0 spiro atoms. The second kappa shape index (κ2) is 11.5. The number of hydrogen-bond donors (Lipinski definition) is 3. The molecule has 32 heavy (non-hydrogen) atoms. The van der Waals surface area contributed by atoms with Gasteiger partial charge >= 0.3 is 0 Å². The molecular formula is C22H27N5O5. The van der Waals surface area contributed by atoms with E-state index in [0.29, 0.717) is 30.2 Å². The maximum Gasteiger partial charge on any atom is 0.254 e. The lowest BCUT2D eigenvalue weighted by molar-refractivity contribution is -0.125. The minimum Gasteiger partial charge on any atom is -0.497 e. The molecule has 1 aromatic heterocycles. The fourth-order valence-electron chi connectivity index (χ4n) is 2.97. The zero-order chi connectivity index (χ0) is 23.7. The molecule has 1 aliphatic heterocycles. The highest BCUT2D eigenvalue weighted by Gasteiger charge is 2.24. The molecule has 2 aromatic rings. The van der Waals surface area contributed by atoms with Crippen molar-refractivity contribution in [2.75, 3.05) is 34.0 Å². The number of likely N-dealkylation sites (N-methyl/N-ethyl adjacent to an activating group) is 1. The van der Waals surface area contributed by atoms with Gasteiger partial charge in [-0.2, -0.15) is 0 Å². The van der Waals surface area contributed by atoms with Crippen molar-refractivity contribution in [3.8, 4) is 11.5 Å². The Bertz CT molecular complexity index is 1010. The lowest BCUT2D eigenvalue weighted by Gasteiger charge is -2.09. The Hall–Kier alpha value is -3.92. The summed E-state index contributed by atoms with van der Waals surface area (Å²) in [6.07, 6.45) is 3.49. The monoisotopic (exact) mass is 441 g/mol. The number of ether oxygens (including phenoxy) is 2. The Balaban J connectivity index is 0.000000242. The summed E-state index contributed by atoms with van der Waals surface area (Å²) in [6.45, 7) is 0.707. The number of carbonyl (C=O) groups excluding carboxylic acids is 3. The van der Waals surface area contributed by atoms with E-state index >= 15 is 0 Å². The van der Waals surface area contributed by atoms with E-state index in [-0.39, 0.29) is 5.91 Å². The first kappa shape index (κ1) is 24.4. The number of nitrogens with two attached hydrogens (primary N) is 1. The number of aromatic nitrogens is 1. The highest BCUT2D eigenvalue weighted by molar-refractivity contribution is 5.98. The van der Waals surface area contributed by atoms with E-state index in [1.54, 1.807) is 56.5 Å². The molecule has 170 valence electrons. The lowest BCUT2D eigenvalue weighted by atomic mass is 10.1. The molecule has 1 aliphatic rings. The molecule has 3 rings (SSSR count). The van der Waals surface area contributed by atoms with Crippen molar-refractivity contribution in [3.63, 3.8) is 0 Å². The Morgan fingerprint density at radius 2 is 2.00 bits per heavy atom. The fraction of sp³-hybridized carbons (Fsp3) is 0.273. The summed E-state index contributed by atoms with van der Waals surface area (Å²) < 4.78 is 10.2. The minimum absolute atomic E-state index is 0.0777. The number of rotatable bonds is 7. The quantitative estimate of drug-likeness (QED) is 0.538. The van der Waals surface area contributed by atoms with Crippen LogP contribution in [0.25, 0.3) is 6.08 Å². The van der Waals surface area contributed by atoms with Gasteiger partial charge in [0.2, 0.25) is 12.3 Å².